The molecule has 1 saturated heterocycles. The lowest BCUT2D eigenvalue weighted by atomic mass is 10.2. The molecule has 0 bridgehead atoms. The molecule has 1 spiro atoms. The highest BCUT2D eigenvalue weighted by Crippen LogP contribution is 2.37. The van der Waals surface area contributed by atoms with Crippen molar-refractivity contribution in [2.75, 3.05) is 0 Å². The summed E-state index contributed by atoms with van der Waals surface area (Å²) in [5.41, 5.74) is 7.67. The predicted molar refractivity (Wildman–Crippen MR) is 81.6 cm³/mol. The lowest BCUT2D eigenvalue weighted by Crippen LogP contribution is -2.44. The highest BCUT2D eigenvalue weighted by molar-refractivity contribution is 6.14. The number of hydrogen-bond acceptors (Lipinski definition) is 5. The van der Waals surface area contributed by atoms with Gasteiger partial charge in [0.15, 0.2) is 0 Å². The number of carbonyl (C=O) groups excluding carboxylic acids is 2. The number of aryl methyl sites for hydroxylation is 1. The first-order chi connectivity index (χ1) is 10.5. The molecule has 1 saturated carbocycles. The van der Waals surface area contributed by atoms with Crippen LogP contribution in [0.4, 0.5) is 0 Å². The van der Waals surface area contributed by atoms with Gasteiger partial charge in [0, 0.05) is 19.4 Å². The fourth-order valence-corrected chi connectivity index (χ4v) is 2.41. The first kappa shape index (κ1) is 16.2. The second kappa shape index (κ2) is 6.75. The van der Waals surface area contributed by atoms with Crippen molar-refractivity contribution in [3.05, 3.63) is 47.5 Å². The van der Waals surface area contributed by atoms with Gasteiger partial charge in [-0.15, -0.1) is 0 Å². The maximum Gasteiger partial charge on any atom is 0.348 e. The van der Waals surface area contributed by atoms with Gasteiger partial charge >= 0.3 is 11.9 Å². The van der Waals surface area contributed by atoms with E-state index in [1.165, 1.54) is 11.1 Å². The molecule has 0 aromatic heterocycles. The maximum absolute atomic E-state index is 11.1. The molecule has 3 rings (SSSR count). The van der Waals surface area contributed by atoms with E-state index < -0.39 is 17.7 Å². The van der Waals surface area contributed by atoms with E-state index in [0.717, 1.165) is 12.8 Å². The topological polar surface area (TPSA) is 78.6 Å². The SMILES string of the molecule is C=C1C(=O)OC2(CCCC2)OC1=O.Cc1ccc(CN)cc1. The molecular formula is C17H21NO4. The van der Waals surface area contributed by atoms with Crippen molar-refractivity contribution < 1.29 is 19.1 Å². The zero-order valence-corrected chi connectivity index (χ0v) is 12.8. The van der Waals surface area contributed by atoms with E-state index in [9.17, 15) is 9.59 Å². The first-order valence-corrected chi connectivity index (χ1v) is 7.37. The van der Waals surface area contributed by atoms with Crippen LogP contribution in [-0.2, 0) is 25.6 Å². The highest BCUT2D eigenvalue weighted by atomic mass is 16.7. The predicted octanol–water partition coefficient (Wildman–Crippen LogP) is 2.37. The third-order valence-electron chi connectivity index (χ3n) is 3.77. The van der Waals surface area contributed by atoms with Gasteiger partial charge in [-0.2, -0.15) is 0 Å². The Labute approximate surface area is 130 Å². The zero-order chi connectivity index (χ0) is 16.2. The van der Waals surface area contributed by atoms with Crippen LogP contribution in [0.1, 0.15) is 36.8 Å². The molecule has 5 heteroatoms. The summed E-state index contributed by atoms with van der Waals surface area (Å²) < 4.78 is 10.1. The monoisotopic (exact) mass is 303 g/mol. The fourth-order valence-electron chi connectivity index (χ4n) is 2.41. The molecule has 2 aliphatic rings. The Bertz CT molecular complexity index is 549. The van der Waals surface area contributed by atoms with Crippen molar-refractivity contribution in [2.24, 2.45) is 5.73 Å². The molecule has 0 atom stereocenters. The van der Waals surface area contributed by atoms with Crippen molar-refractivity contribution >= 4 is 11.9 Å². The minimum absolute atomic E-state index is 0.211. The van der Waals surface area contributed by atoms with E-state index in [4.69, 9.17) is 15.2 Å². The van der Waals surface area contributed by atoms with E-state index in [1.807, 2.05) is 0 Å². The molecule has 0 amide bonds. The van der Waals surface area contributed by atoms with Crippen LogP contribution in [0.25, 0.3) is 0 Å². The molecule has 1 aliphatic heterocycles. The van der Waals surface area contributed by atoms with Crippen LogP contribution in [-0.4, -0.2) is 17.7 Å². The first-order valence-electron chi connectivity index (χ1n) is 7.37. The second-order valence-corrected chi connectivity index (χ2v) is 5.57. The Hall–Kier alpha value is -2.14. The second-order valence-electron chi connectivity index (χ2n) is 5.57. The summed E-state index contributed by atoms with van der Waals surface area (Å²) in [4.78, 5) is 22.3. The summed E-state index contributed by atoms with van der Waals surface area (Å²) in [5.74, 6) is -2.24. The molecule has 1 aliphatic carbocycles. The van der Waals surface area contributed by atoms with Crippen molar-refractivity contribution in [3.8, 4) is 0 Å². The quantitative estimate of drug-likeness (QED) is 0.489. The molecule has 2 fully saturated rings. The van der Waals surface area contributed by atoms with Crippen molar-refractivity contribution in [3.63, 3.8) is 0 Å². The normalized spacial score (nSPS) is 19.3. The minimum Gasteiger partial charge on any atom is -0.419 e. The van der Waals surface area contributed by atoms with Crippen molar-refractivity contribution in [2.45, 2.75) is 44.9 Å². The number of ether oxygens (including phenoxy) is 2. The molecule has 118 valence electrons. The van der Waals surface area contributed by atoms with Crippen LogP contribution in [0, 0.1) is 6.92 Å². The molecule has 1 aromatic carbocycles. The van der Waals surface area contributed by atoms with Gasteiger partial charge in [-0.25, -0.2) is 9.59 Å². The summed E-state index contributed by atoms with van der Waals surface area (Å²) >= 11 is 0. The van der Waals surface area contributed by atoms with Gasteiger partial charge in [-0.05, 0) is 25.3 Å². The van der Waals surface area contributed by atoms with Crippen LogP contribution in [0.3, 0.4) is 0 Å². The number of hydrogen-bond donors (Lipinski definition) is 1. The Morgan fingerprint density at radius 2 is 1.59 bits per heavy atom. The van der Waals surface area contributed by atoms with Gasteiger partial charge in [-0.1, -0.05) is 36.4 Å². The molecule has 0 radical (unpaired) electrons. The lowest BCUT2D eigenvalue weighted by Gasteiger charge is -2.32. The number of rotatable bonds is 1. The number of esters is 2. The molecule has 1 heterocycles. The van der Waals surface area contributed by atoms with Gasteiger partial charge in [0.25, 0.3) is 5.79 Å². The lowest BCUT2D eigenvalue weighted by molar-refractivity contribution is -0.232. The Morgan fingerprint density at radius 1 is 1.09 bits per heavy atom. The average molecular weight is 303 g/mol. The van der Waals surface area contributed by atoms with E-state index in [0.29, 0.717) is 19.4 Å². The van der Waals surface area contributed by atoms with Gasteiger partial charge in [0.05, 0.1) is 0 Å². The molecule has 0 unspecified atom stereocenters. The van der Waals surface area contributed by atoms with E-state index in [2.05, 4.69) is 37.8 Å². The average Bonchev–Trinajstić information content (AvgIpc) is 2.94. The van der Waals surface area contributed by atoms with Crippen LogP contribution in [0.15, 0.2) is 36.4 Å². The summed E-state index contributed by atoms with van der Waals surface area (Å²) in [6.45, 7) is 5.99. The van der Waals surface area contributed by atoms with Crippen molar-refractivity contribution in [1.29, 1.82) is 0 Å². The summed E-state index contributed by atoms with van der Waals surface area (Å²) in [5, 5.41) is 0. The molecule has 22 heavy (non-hydrogen) atoms. The van der Waals surface area contributed by atoms with Gasteiger partial charge in [-0.3, -0.25) is 0 Å². The number of benzene rings is 1. The smallest absolute Gasteiger partial charge is 0.348 e. The summed E-state index contributed by atoms with van der Waals surface area (Å²) in [7, 11) is 0. The largest absolute Gasteiger partial charge is 0.419 e. The summed E-state index contributed by atoms with van der Waals surface area (Å²) in [6.07, 6.45) is 3.07. The molecular weight excluding hydrogens is 282 g/mol. The standard InChI is InChI=1S/C9H10O4.C8H11N/c1-6-7(10)12-9(13-8(6)11)4-2-3-5-9;1-7-2-4-8(6-9)5-3-7/h1-5H2;2-5H,6,9H2,1H3. The third kappa shape index (κ3) is 3.74. The maximum atomic E-state index is 11.1. The van der Waals surface area contributed by atoms with Crippen LogP contribution >= 0.6 is 0 Å². The third-order valence-corrected chi connectivity index (χ3v) is 3.77. The Balaban J connectivity index is 0.000000172. The molecule has 5 nitrogen and oxygen atoms in total. The number of carbonyl (C=O) groups is 2. The van der Waals surface area contributed by atoms with Gasteiger partial charge in [0.1, 0.15) is 5.57 Å². The zero-order valence-electron chi connectivity index (χ0n) is 12.8. The van der Waals surface area contributed by atoms with Gasteiger partial charge in [0.2, 0.25) is 0 Å². The van der Waals surface area contributed by atoms with Crippen LogP contribution in [0.5, 0.6) is 0 Å². The Morgan fingerprint density at radius 3 is 2.05 bits per heavy atom. The number of nitrogens with two attached hydrogens (primary N) is 1. The van der Waals surface area contributed by atoms with Crippen LogP contribution in [0.2, 0.25) is 0 Å². The summed E-state index contributed by atoms with van der Waals surface area (Å²) in [6, 6.07) is 8.25. The Kier molecular flexibility index (Phi) is 4.98. The van der Waals surface area contributed by atoms with E-state index >= 15 is 0 Å². The van der Waals surface area contributed by atoms with E-state index in [-0.39, 0.29) is 5.57 Å². The van der Waals surface area contributed by atoms with Crippen molar-refractivity contribution in [1.82, 2.24) is 0 Å². The fraction of sp³-hybridized carbons (Fsp3) is 0.412. The minimum atomic E-state index is -0.963. The van der Waals surface area contributed by atoms with E-state index in [1.54, 1.807) is 0 Å². The van der Waals surface area contributed by atoms with Crippen LogP contribution < -0.4 is 5.73 Å². The molecule has 1 aromatic rings. The highest BCUT2D eigenvalue weighted by Gasteiger charge is 2.47. The molecule has 2 N–H and O–H groups in total. The van der Waals surface area contributed by atoms with Gasteiger partial charge < -0.3 is 15.2 Å².